The van der Waals surface area contributed by atoms with E-state index >= 15 is 0 Å². The Labute approximate surface area is 328 Å². The van der Waals surface area contributed by atoms with Crippen LogP contribution in [0.3, 0.4) is 0 Å². The fraction of sp³-hybridized carbons (Fsp3) is 0.478. The zero-order valence-corrected chi connectivity index (χ0v) is 35.6. The van der Waals surface area contributed by atoms with E-state index in [2.05, 4.69) is 143 Å². The smallest absolute Gasteiger partial charge is 0.137 e. The first kappa shape index (κ1) is 38.8. The van der Waals surface area contributed by atoms with Gasteiger partial charge < -0.3 is 18.6 Å². The highest BCUT2D eigenvalue weighted by Crippen LogP contribution is 2.45. The highest BCUT2D eigenvalue weighted by Gasteiger charge is 2.22. The summed E-state index contributed by atoms with van der Waals surface area (Å²) in [4.78, 5) is 0. The molecule has 2 aromatic heterocycles. The van der Waals surface area contributed by atoms with Crippen LogP contribution in [-0.4, -0.2) is 23.4 Å². The Morgan fingerprint density at radius 3 is 1.31 bits per heavy atom. The van der Waals surface area contributed by atoms with Gasteiger partial charge in [-0.1, -0.05) is 112 Å². The molecule has 52 heavy (non-hydrogen) atoms. The number of aromatic nitrogens is 2. The van der Waals surface area contributed by atoms with E-state index in [1.807, 2.05) is 0 Å². The van der Waals surface area contributed by atoms with Gasteiger partial charge in [0.2, 0.25) is 0 Å². The van der Waals surface area contributed by atoms with Crippen LogP contribution in [0.1, 0.15) is 92.9 Å². The second kappa shape index (κ2) is 17.0. The minimum absolute atomic E-state index is 0.657. The molecular weight excluding hydrogens is 772 g/mol. The Morgan fingerprint density at radius 1 is 0.538 bits per heavy atom. The van der Waals surface area contributed by atoms with Crippen LogP contribution < -0.4 is 9.47 Å². The maximum Gasteiger partial charge on any atom is 0.137 e. The number of fused-ring (bicyclic) bond motifs is 6. The summed E-state index contributed by atoms with van der Waals surface area (Å²) >= 11 is 7.53. The maximum absolute atomic E-state index is 6.16. The molecule has 4 nitrogen and oxygen atoms in total. The molecule has 6 rings (SSSR count). The van der Waals surface area contributed by atoms with Crippen LogP contribution >= 0.6 is 31.9 Å². The lowest BCUT2D eigenvalue weighted by atomic mass is 9.97. The van der Waals surface area contributed by atoms with E-state index < -0.39 is 0 Å². The largest absolute Gasteiger partial charge is 0.495 e. The number of benzene rings is 4. The van der Waals surface area contributed by atoms with Gasteiger partial charge in [-0.2, -0.15) is 0 Å². The Hall–Kier alpha value is -2.96. The number of methoxy groups -OCH3 is 2. The van der Waals surface area contributed by atoms with Gasteiger partial charge in [0.25, 0.3) is 0 Å². The summed E-state index contributed by atoms with van der Waals surface area (Å²) in [7, 11) is 3.50. The van der Waals surface area contributed by atoms with E-state index in [9.17, 15) is 0 Å². The third kappa shape index (κ3) is 8.39. The predicted molar refractivity (Wildman–Crippen MR) is 229 cm³/mol. The molecule has 0 aliphatic rings. The van der Waals surface area contributed by atoms with Crippen LogP contribution in [0.4, 0.5) is 0 Å². The second-order valence-corrected chi connectivity index (χ2v) is 17.9. The first-order chi connectivity index (χ1) is 25.0. The van der Waals surface area contributed by atoms with Crippen molar-refractivity contribution in [3.63, 3.8) is 0 Å². The van der Waals surface area contributed by atoms with E-state index in [0.717, 1.165) is 68.9 Å². The highest BCUT2D eigenvalue weighted by molar-refractivity contribution is 9.10. The number of hydrogen-bond donors (Lipinski definition) is 0. The van der Waals surface area contributed by atoms with E-state index in [1.165, 1.54) is 71.1 Å². The third-order valence-corrected chi connectivity index (χ3v) is 12.0. The van der Waals surface area contributed by atoms with E-state index in [1.54, 1.807) is 14.2 Å². The van der Waals surface area contributed by atoms with Gasteiger partial charge in [0.1, 0.15) is 11.5 Å². The van der Waals surface area contributed by atoms with Crippen LogP contribution in [0.15, 0.2) is 57.5 Å². The van der Waals surface area contributed by atoms with E-state index in [0.29, 0.717) is 23.3 Å². The molecule has 0 aliphatic heterocycles. The molecule has 6 aromatic rings. The molecule has 0 N–H and O–H groups in total. The van der Waals surface area contributed by atoms with Gasteiger partial charge in [-0.15, -0.1) is 0 Å². The second-order valence-electron chi connectivity index (χ2n) is 16.0. The molecule has 0 bridgehead atoms. The minimum Gasteiger partial charge on any atom is -0.495 e. The molecule has 2 heterocycles. The lowest BCUT2D eigenvalue weighted by Crippen LogP contribution is -2.05. The van der Waals surface area contributed by atoms with Crippen molar-refractivity contribution in [2.24, 2.45) is 23.7 Å². The Balaban J connectivity index is 1.44. The zero-order chi connectivity index (χ0) is 37.1. The number of aryl methyl sites for hydroxylation is 2. The SMILES string of the molecule is COc1[c]c2c(cc1-c1cc3c4cc(Br)ccc4n(CCC(C)CCCC(C)C)c3[c]c1OC)c1cc(Br)ccc1n2CCC(C)CCCC(C)C. The van der Waals surface area contributed by atoms with Gasteiger partial charge >= 0.3 is 0 Å². The number of hydrogen-bond acceptors (Lipinski definition) is 2. The molecule has 2 radical (unpaired) electrons. The van der Waals surface area contributed by atoms with Crippen LogP contribution in [0.5, 0.6) is 11.5 Å². The molecule has 0 aliphatic carbocycles. The first-order valence-corrected chi connectivity index (χ1v) is 21.0. The molecule has 0 saturated carbocycles. The summed E-state index contributed by atoms with van der Waals surface area (Å²) < 4.78 is 19.3. The van der Waals surface area contributed by atoms with Crippen LogP contribution in [0.2, 0.25) is 0 Å². The predicted octanol–water partition coefficient (Wildman–Crippen LogP) is 14.4. The Kier molecular flexibility index (Phi) is 12.7. The van der Waals surface area contributed by atoms with Crippen LogP contribution in [-0.2, 0) is 13.1 Å². The molecule has 6 heteroatoms. The summed E-state index contributed by atoms with van der Waals surface area (Å²) in [5, 5.41) is 4.75. The van der Waals surface area contributed by atoms with Crippen molar-refractivity contribution in [3.8, 4) is 22.6 Å². The highest BCUT2D eigenvalue weighted by atomic mass is 79.9. The van der Waals surface area contributed by atoms with Gasteiger partial charge in [0, 0.05) is 65.7 Å². The van der Waals surface area contributed by atoms with Gasteiger partial charge in [-0.25, -0.2) is 0 Å². The Bertz CT molecular complexity index is 2000. The molecule has 0 fully saturated rings. The lowest BCUT2D eigenvalue weighted by Gasteiger charge is -2.16. The monoisotopic (exact) mass is 826 g/mol. The molecule has 2 atom stereocenters. The summed E-state index contributed by atoms with van der Waals surface area (Å²) in [5.41, 5.74) is 6.53. The fourth-order valence-electron chi connectivity index (χ4n) is 7.96. The van der Waals surface area contributed by atoms with Crippen molar-refractivity contribution in [2.75, 3.05) is 14.2 Å². The zero-order valence-electron chi connectivity index (χ0n) is 32.5. The fourth-order valence-corrected chi connectivity index (χ4v) is 8.68. The summed E-state index contributed by atoms with van der Waals surface area (Å²) in [6.07, 6.45) is 9.95. The third-order valence-electron chi connectivity index (χ3n) is 11.0. The molecule has 0 spiro atoms. The van der Waals surface area contributed by atoms with E-state index in [4.69, 9.17) is 9.47 Å². The number of halogens is 2. The normalized spacial score (nSPS) is 13.4. The average Bonchev–Trinajstić information content (AvgIpc) is 3.57. The van der Waals surface area contributed by atoms with Gasteiger partial charge in [-0.05, 0) is 85.0 Å². The van der Waals surface area contributed by atoms with Crippen LogP contribution in [0.25, 0.3) is 54.7 Å². The van der Waals surface area contributed by atoms with Crippen molar-refractivity contribution in [3.05, 3.63) is 69.6 Å². The maximum atomic E-state index is 6.16. The number of nitrogens with zero attached hydrogens (tertiary/aromatic N) is 2. The minimum atomic E-state index is 0.657. The molecule has 2 unspecified atom stereocenters. The molecule has 0 saturated heterocycles. The van der Waals surface area contributed by atoms with Crippen molar-refractivity contribution >= 4 is 75.5 Å². The first-order valence-electron chi connectivity index (χ1n) is 19.4. The quantitative estimate of drug-likeness (QED) is 0.0916. The average molecular weight is 829 g/mol. The van der Waals surface area contributed by atoms with Crippen molar-refractivity contribution in [1.29, 1.82) is 0 Å². The number of ether oxygens (including phenoxy) is 2. The van der Waals surface area contributed by atoms with Crippen LogP contribution in [0, 0.1) is 35.8 Å². The molecule has 276 valence electrons. The standard InChI is InChI=1S/C46H56Br2N2O2/c1-29(2)11-9-13-31(5)19-21-49-41-17-15-33(47)23-35(41)37-25-39(45(51-7)27-43(37)49)40-26-38-36-24-34(48)16-18-42(36)50(44(38)28-46(40)52-8)22-20-32(6)14-10-12-30(3)4/h15-18,23-26,29-32H,9-14,19-22H2,1-8H3. The topological polar surface area (TPSA) is 28.3 Å². The molecule has 0 amide bonds. The van der Waals surface area contributed by atoms with Gasteiger partial charge in [-0.3, -0.25) is 0 Å². The van der Waals surface area contributed by atoms with Crippen molar-refractivity contribution in [1.82, 2.24) is 9.13 Å². The van der Waals surface area contributed by atoms with Gasteiger partial charge in [0.15, 0.2) is 0 Å². The number of rotatable bonds is 17. The van der Waals surface area contributed by atoms with Crippen molar-refractivity contribution in [2.45, 2.75) is 106 Å². The Morgan fingerprint density at radius 2 is 0.942 bits per heavy atom. The molecular formula is C46H56Br2N2O2. The summed E-state index contributed by atoms with van der Waals surface area (Å²) in [6, 6.07) is 25.3. The van der Waals surface area contributed by atoms with Gasteiger partial charge in [0.05, 0.1) is 37.4 Å². The lowest BCUT2D eigenvalue weighted by molar-refractivity contribution is 0.409. The van der Waals surface area contributed by atoms with E-state index in [-0.39, 0.29) is 0 Å². The molecule has 4 aromatic carbocycles. The summed E-state index contributed by atoms with van der Waals surface area (Å²) in [5.74, 6) is 4.26. The summed E-state index contributed by atoms with van der Waals surface area (Å²) in [6.45, 7) is 16.0. The van der Waals surface area contributed by atoms with Crippen molar-refractivity contribution < 1.29 is 9.47 Å².